The average Bonchev–Trinajstić information content (AvgIpc) is 2.97. The Kier molecular flexibility index (Phi) is 6.26. The highest BCUT2D eigenvalue weighted by Gasteiger charge is 2.31. The van der Waals surface area contributed by atoms with Crippen molar-refractivity contribution in [3.8, 4) is 0 Å². The number of aromatic nitrogens is 2. The van der Waals surface area contributed by atoms with Crippen LogP contribution in [0.15, 0.2) is 42.5 Å². The molecule has 0 radical (unpaired) electrons. The zero-order valence-corrected chi connectivity index (χ0v) is 17.8. The van der Waals surface area contributed by atoms with Crippen molar-refractivity contribution in [1.82, 2.24) is 9.55 Å². The molecule has 2 aromatic carbocycles. The third kappa shape index (κ3) is 5.63. The first-order valence-electron chi connectivity index (χ1n) is 9.24. The van der Waals surface area contributed by atoms with E-state index >= 15 is 0 Å². The topological polar surface area (TPSA) is 110 Å². The maximum atomic E-state index is 13.1. The number of hydrogen-bond donors (Lipinski definition) is 2. The van der Waals surface area contributed by atoms with Crippen molar-refractivity contribution in [2.24, 2.45) is 0 Å². The molecule has 1 aromatic heterocycles. The Morgan fingerprint density at radius 1 is 1.06 bits per heavy atom. The number of rotatable bonds is 6. The third-order valence-electron chi connectivity index (χ3n) is 4.36. The van der Waals surface area contributed by atoms with Crippen LogP contribution in [0.3, 0.4) is 0 Å². The van der Waals surface area contributed by atoms with Gasteiger partial charge in [0, 0.05) is 13.2 Å². The van der Waals surface area contributed by atoms with Gasteiger partial charge in [0.1, 0.15) is 18.1 Å². The van der Waals surface area contributed by atoms with E-state index in [-0.39, 0.29) is 17.2 Å². The van der Waals surface area contributed by atoms with Crippen LogP contribution in [0.2, 0.25) is 0 Å². The van der Waals surface area contributed by atoms with Gasteiger partial charge in [-0.3, -0.25) is 9.59 Å². The van der Waals surface area contributed by atoms with E-state index in [4.69, 9.17) is 0 Å². The van der Waals surface area contributed by atoms with Gasteiger partial charge in [0.05, 0.1) is 28.0 Å². The van der Waals surface area contributed by atoms with Crippen LogP contribution in [0.25, 0.3) is 11.0 Å². The molecule has 8 nitrogen and oxygen atoms in total. The van der Waals surface area contributed by atoms with Gasteiger partial charge in [0.2, 0.25) is 11.8 Å². The molecule has 0 saturated heterocycles. The SMILES string of the molecule is CC(=O)Nc1ccc(C(F)(F)F)cc1NC(=O)Cn1c(CS(C)(=O)=O)nc2ccccc21. The van der Waals surface area contributed by atoms with E-state index in [0.29, 0.717) is 17.1 Å². The van der Waals surface area contributed by atoms with Crippen LogP contribution in [0.1, 0.15) is 18.3 Å². The summed E-state index contributed by atoms with van der Waals surface area (Å²) < 4.78 is 64.3. The van der Waals surface area contributed by atoms with E-state index in [0.717, 1.165) is 18.4 Å². The molecule has 0 aliphatic rings. The van der Waals surface area contributed by atoms with Crippen LogP contribution in [0, 0.1) is 0 Å². The Hall–Kier alpha value is -3.41. The first-order chi connectivity index (χ1) is 14.8. The molecule has 0 atom stereocenters. The molecule has 2 N–H and O–H groups in total. The van der Waals surface area contributed by atoms with Crippen LogP contribution in [0.4, 0.5) is 24.5 Å². The number of alkyl halides is 3. The van der Waals surface area contributed by atoms with E-state index < -0.39 is 45.7 Å². The fraction of sp³-hybridized carbons (Fsp3) is 0.250. The molecule has 3 aromatic rings. The van der Waals surface area contributed by atoms with Gasteiger partial charge in [-0.15, -0.1) is 0 Å². The highest BCUT2D eigenvalue weighted by molar-refractivity contribution is 7.89. The van der Waals surface area contributed by atoms with E-state index in [1.54, 1.807) is 24.3 Å². The van der Waals surface area contributed by atoms with Gasteiger partial charge in [-0.05, 0) is 30.3 Å². The number of nitrogens with one attached hydrogen (secondary N) is 2. The van der Waals surface area contributed by atoms with Gasteiger partial charge < -0.3 is 15.2 Å². The Bertz CT molecular complexity index is 1300. The predicted molar refractivity (Wildman–Crippen MR) is 113 cm³/mol. The van der Waals surface area contributed by atoms with Gasteiger partial charge >= 0.3 is 6.18 Å². The lowest BCUT2D eigenvalue weighted by Crippen LogP contribution is -2.22. The number of halogens is 3. The Balaban J connectivity index is 1.96. The minimum atomic E-state index is -4.66. The van der Waals surface area contributed by atoms with Crippen molar-refractivity contribution in [2.45, 2.75) is 25.4 Å². The quantitative estimate of drug-likeness (QED) is 0.577. The van der Waals surface area contributed by atoms with Gasteiger partial charge in [-0.2, -0.15) is 13.2 Å². The third-order valence-corrected chi connectivity index (χ3v) is 5.14. The monoisotopic (exact) mass is 468 g/mol. The molecular weight excluding hydrogens is 449 g/mol. The summed E-state index contributed by atoms with van der Waals surface area (Å²) in [5.74, 6) is -1.56. The lowest BCUT2D eigenvalue weighted by molar-refractivity contribution is -0.137. The minimum absolute atomic E-state index is 0.00861. The van der Waals surface area contributed by atoms with Gasteiger partial charge in [0.25, 0.3) is 0 Å². The summed E-state index contributed by atoms with van der Waals surface area (Å²) in [7, 11) is -3.47. The molecule has 170 valence electrons. The van der Waals surface area contributed by atoms with Crippen molar-refractivity contribution in [1.29, 1.82) is 0 Å². The zero-order chi connectivity index (χ0) is 23.7. The second-order valence-electron chi connectivity index (χ2n) is 7.16. The number of fused-ring (bicyclic) bond motifs is 1. The summed E-state index contributed by atoms with van der Waals surface area (Å²) in [4.78, 5) is 28.4. The Morgan fingerprint density at radius 3 is 2.38 bits per heavy atom. The molecule has 0 fully saturated rings. The second-order valence-corrected chi connectivity index (χ2v) is 9.30. The molecule has 0 saturated carbocycles. The number of imidazole rings is 1. The van der Waals surface area contributed by atoms with Gasteiger partial charge in [-0.1, -0.05) is 12.1 Å². The van der Waals surface area contributed by atoms with Crippen LogP contribution < -0.4 is 10.6 Å². The van der Waals surface area contributed by atoms with Crippen molar-refractivity contribution < 1.29 is 31.2 Å². The van der Waals surface area contributed by atoms with Gasteiger partial charge in [-0.25, -0.2) is 13.4 Å². The maximum Gasteiger partial charge on any atom is 0.416 e. The van der Waals surface area contributed by atoms with E-state index in [1.165, 1.54) is 11.5 Å². The van der Waals surface area contributed by atoms with Crippen LogP contribution in [-0.2, 0) is 37.9 Å². The van der Waals surface area contributed by atoms with Crippen molar-refractivity contribution in [3.63, 3.8) is 0 Å². The first kappa shape index (κ1) is 23.3. The fourth-order valence-corrected chi connectivity index (χ4v) is 3.79. The van der Waals surface area contributed by atoms with Crippen LogP contribution >= 0.6 is 0 Å². The molecule has 0 spiro atoms. The highest BCUT2D eigenvalue weighted by Crippen LogP contribution is 2.34. The number of anilines is 2. The lowest BCUT2D eigenvalue weighted by Gasteiger charge is -2.15. The summed E-state index contributed by atoms with van der Waals surface area (Å²) in [6.07, 6.45) is -3.63. The number of nitrogens with zero attached hydrogens (tertiary/aromatic N) is 2. The lowest BCUT2D eigenvalue weighted by atomic mass is 10.1. The molecule has 2 amide bonds. The summed E-state index contributed by atoms with van der Waals surface area (Å²) in [5, 5.41) is 4.74. The second kappa shape index (κ2) is 8.61. The van der Waals surface area contributed by atoms with E-state index in [1.807, 2.05) is 0 Å². The summed E-state index contributed by atoms with van der Waals surface area (Å²) in [6.45, 7) is 0.777. The summed E-state index contributed by atoms with van der Waals surface area (Å²) in [6, 6.07) is 9.23. The number of hydrogen-bond acceptors (Lipinski definition) is 5. The molecule has 3 rings (SSSR count). The van der Waals surface area contributed by atoms with Crippen molar-refractivity contribution >= 4 is 44.1 Å². The van der Waals surface area contributed by atoms with Crippen LogP contribution in [-0.4, -0.2) is 36.0 Å². The van der Waals surface area contributed by atoms with Crippen LogP contribution in [0.5, 0.6) is 0 Å². The first-order valence-corrected chi connectivity index (χ1v) is 11.3. The Labute approximate surface area is 181 Å². The fourth-order valence-electron chi connectivity index (χ4n) is 3.10. The molecule has 12 heteroatoms. The highest BCUT2D eigenvalue weighted by atomic mass is 32.2. The molecule has 0 unspecified atom stereocenters. The van der Waals surface area contributed by atoms with Crippen molar-refractivity contribution in [3.05, 3.63) is 53.9 Å². The number of sulfone groups is 1. The van der Waals surface area contributed by atoms with E-state index in [9.17, 15) is 31.2 Å². The number of carbonyl (C=O) groups is 2. The summed E-state index contributed by atoms with van der Waals surface area (Å²) in [5.41, 5.74) is -0.295. The molecule has 0 aliphatic carbocycles. The smallest absolute Gasteiger partial charge is 0.325 e. The van der Waals surface area contributed by atoms with Gasteiger partial charge in [0.15, 0.2) is 9.84 Å². The molecule has 32 heavy (non-hydrogen) atoms. The molecule has 0 bridgehead atoms. The molecular formula is C20H19F3N4O4S. The molecule has 1 heterocycles. The Morgan fingerprint density at radius 2 is 1.75 bits per heavy atom. The predicted octanol–water partition coefficient (Wildman–Crippen LogP) is 3.20. The number of para-hydroxylation sites is 2. The van der Waals surface area contributed by atoms with Crippen molar-refractivity contribution in [2.75, 3.05) is 16.9 Å². The van der Waals surface area contributed by atoms with E-state index in [2.05, 4.69) is 15.6 Å². The summed E-state index contributed by atoms with van der Waals surface area (Å²) >= 11 is 0. The molecule has 0 aliphatic heterocycles. The number of carbonyl (C=O) groups excluding carboxylic acids is 2. The largest absolute Gasteiger partial charge is 0.416 e. The maximum absolute atomic E-state index is 13.1. The zero-order valence-electron chi connectivity index (χ0n) is 17.0. The normalized spacial score (nSPS) is 12.0. The minimum Gasteiger partial charge on any atom is -0.325 e. The standard InChI is InChI=1S/C20H19F3N4O4S/c1-12(28)24-14-8-7-13(20(21,22)23)9-16(14)26-19(29)10-27-17-6-4-3-5-15(17)25-18(27)11-32(2,30)31/h3-9H,10-11H2,1-2H3,(H,24,28)(H,26,29). The average molecular weight is 468 g/mol. The number of benzene rings is 2. The number of amides is 2.